The van der Waals surface area contributed by atoms with Crippen LogP contribution >= 0.6 is 0 Å². The summed E-state index contributed by atoms with van der Waals surface area (Å²) < 4.78 is 5.75. The molecule has 2 heterocycles. The molecule has 5 rings (SSSR count). The van der Waals surface area contributed by atoms with Crippen LogP contribution in [0.5, 0.6) is 5.75 Å². The standard InChI is InChI=1S/C27H23NO4/c1-17-14-21-15-20(12-13-22(21)32-17)25(29)23-24(19-10-6-3-7-11-19)28(27(31)26(23)30)16-18-8-4-2-5-9-18/h2-13,15,17,24,29H,14,16H2,1H3/t17-,24+/m1/s1. The van der Waals surface area contributed by atoms with Gasteiger partial charge in [-0.05, 0) is 41.8 Å². The lowest BCUT2D eigenvalue weighted by atomic mass is 9.94. The largest absolute Gasteiger partial charge is 0.507 e. The van der Waals surface area contributed by atoms with E-state index in [1.165, 1.54) is 4.90 Å². The number of amides is 1. The summed E-state index contributed by atoms with van der Waals surface area (Å²) in [6.07, 6.45) is 0.809. The molecule has 0 radical (unpaired) electrons. The second kappa shape index (κ2) is 8.00. The molecule has 0 spiro atoms. The van der Waals surface area contributed by atoms with Crippen molar-refractivity contribution in [2.75, 3.05) is 0 Å². The molecule has 5 heteroatoms. The number of Topliss-reactive ketones (excluding diaryl/α,β-unsaturated/α-hetero) is 1. The number of likely N-dealkylation sites (tertiary alicyclic amines) is 1. The molecule has 3 aromatic rings. The van der Waals surface area contributed by atoms with E-state index < -0.39 is 17.7 Å². The summed E-state index contributed by atoms with van der Waals surface area (Å²) in [6.45, 7) is 2.27. The van der Waals surface area contributed by atoms with Crippen molar-refractivity contribution in [3.8, 4) is 5.75 Å². The fraction of sp³-hybridized carbons (Fsp3) is 0.185. The third-order valence-corrected chi connectivity index (χ3v) is 6.02. The van der Waals surface area contributed by atoms with Crippen molar-refractivity contribution in [2.45, 2.75) is 32.0 Å². The summed E-state index contributed by atoms with van der Waals surface area (Å²) in [5.41, 5.74) is 3.31. The van der Waals surface area contributed by atoms with Gasteiger partial charge in [-0.25, -0.2) is 0 Å². The molecule has 1 fully saturated rings. The predicted molar refractivity (Wildman–Crippen MR) is 121 cm³/mol. The van der Waals surface area contributed by atoms with E-state index in [-0.39, 0.29) is 24.0 Å². The molecule has 1 amide bonds. The topological polar surface area (TPSA) is 66.8 Å². The SMILES string of the molecule is C[C@@H]1Cc2cc(C(O)=C3C(=O)C(=O)N(Cc4ccccc4)[C@H]3c3ccccc3)ccc2O1. The molecule has 2 aliphatic heterocycles. The molecular formula is C27H23NO4. The lowest BCUT2D eigenvalue weighted by Crippen LogP contribution is -2.29. The summed E-state index contributed by atoms with van der Waals surface area (Å²) in [4.78, 5) is 27.8. The van der Waals surface area contributed by atoms with Crippen LogP contribution in [0.1, 0.15) is 35.2 Å². The van der Waals surface area contributed by atoms with Gasteiger partial charge in [0.05, 0.1) is 11.6 Å². The van der Waals surface area contributed by atoms with Gasteiger partial charge >= 0.3 is 0 Å². The monoisotopic (exact) mass is 425 g/mol. The van der Waals surface area contributed by atoms with E-state index in [9.17, 15) is 14.7 Å². The van der Waals surface area contributed by atoms with Crippen molar-refractivity contribution in [3.05, 3.63) is 107 Å². The molecule has 5 nitrogen and oxygen atoms in total. The van der Waals surface area contributed by atoms with Crippen molar-refractivity contribution in [2.24, 2.45) is 0 Å². The van der Waals surface area contributed by atoms with Crippen LogP contribution in [0.3, 0.4) is 0 Å². The fourth-order valence-electron chi connectivity index (χ4n) is 4.53. The van der Waals surface area contributed by atoms with Crippen molar-refractivity contribution in [1.82, 2.24) is 4.90 Å². The van der Waals surface area contributed by atoms with E-state index >= 15 is 0 Å². The van der Waals surface area contributed by atoms with Crippen LogP contribution in [-0.2, 0) is 22.6 Å². The number of hydrogen-bond donors (Lipinski definition) is 1. The zero-order valence-corrected chi connectivity index (χ0v) is 17.7. The van der Waals surface area contributed by atoms with Crippen LogP contribution in [0.15, 0.2) is 84.4 Å². The minimum atomic E-state index is -0.669. The maximum atomic E-state index is 13.2. The molecule has 2 aliphatic rings. The Balaban J connectivity index is 1.62. The van der Waals surface area contributed by atoms with Crippen molar-refractivity contribution in [1.29, 1.82) is 0 Å². The summed E-state index contributed by atoms with van der Waals surface area (Å²) in [5, 5.41) is 11.3. The fourth-order valence-corrected chi connectivity index (χ4v) is 4.53. The molecule has 0 aromatic heterocycles. The summed E-state index contributed by atoms with van der Waals surface area (Å²) >= 11 is 0. The van der Waals surface area contributed by atoms with Gasteiger partial charge in [0.2, 0.25) is 0 Å². The van der Waals surface area contributed by atoms with Crippen molar-refractivity contribution in [3.63, 3.8) is 0 Å². The molecule has 160 valence electrons. The van der Waals surface area contributed by atoms with E-state index in [0.717, 1.165) is 28.9 Å². The van der Waals surface area contributed by atoms with Gasteiger partial charge in [-0.2, -0.15) is 0 Å². The third kappa shape index (κ3) is 3.46. The Morgan fingerprint density at radius 2 is 1.69 bits per heavy atom. The first kappa shape index (κ1) is 20.1. The highest BCUT2D eigenvalue weighted by molar-refractivity contribution is 6.46. The predicted octanol–water partition coefficient (Wildman–Crippen LogP) is 4.63. The number of nitrogens with zero attached hydrogens (tertiary/aromatic N) is 1. The Bertz CT molecular complexity index is 1220. The first-order valence-corrected chi connectivity index (χ1v) is 10.7. The normalized spacial score (nSPS) is 21.5. The Morgan fingerprint density at radius 1 is 1.00 bits per heavy atom. The lowest BCUT2D eigenvalue weighted by molar-refractivity contribution is -0.140. The number of hydrogen-bond acceptors (Lipinski definition) is 4. The number of fused-ring (bicyclic) bond motifs is 1. The highest BCUT2D eigenvalue weighted by Crippen LogP contribution is 2.41. The van der Waals surface area contributed by atoms with Crippen LogP contribution in [0.2, 0.25) is 0 Å². The minimum Gasteiger partial charge on any atom is -0.507 e. The molecule has 0 unspecified atom stereocenters. The lowest BCUT2D eigenvalue weighted by Gasteiger charge is -2.25. The zero-order chi connectivity index (χ0) is 22.2. The molecule has 0 aliphatic carbocycles. The van der Waals surface area contributed by atoms with Gasteiger partial charge in [0, 0.05) is 18.5 Å². The number of carbonyl (C=O) groups is 2. The quantitative estimate of drug-likeness (QED) is 0.376. The number of benzene rings is 3. The van der Waals surface area contributed by atoms with Gasteiger partial charge < -0.3 is 14.7 Å². The Labute approximate surface area is 186 Å². The second-order valence-corrected chi connectivity index (χ2v) is 8.28. The molecule has 0 saturated carbocycles. The molecule has 0 bridgehead atoms. The van der Waals surface area contributed by atoms with Crippen LogP contribution in [0.4, 0.5) is 0 Å². The van der Waals surface area contributed by atoms with E-state index in [0.29, 0.717) is 5.56 Å². The highest BCUT2D eigenvalue weighted by Gasteiger charge is 2.46. The first-order chi connectivity index (χ1) is 15.5. The van der Waals surface area contributed by atoms with Crippen LogP contribution in [-0.4, -0.2) is 27.8 Å². The molecule has 3 aromatic carbocycles. The van der Waals surface area contributed by atoms with Crippen molar-refractivity contribution < 1.29 is 19.4 Å². The van der Waals surface area contributed by atoms with Gasteiger partial charge in [0.15, 0.2) is 0 Å². The third-order valence-electron chi connectivity index (χ3n) is 6.02. The van der Waals surface area contributed by atoms with Gasteiger partial charge in [-0.1, -0.05) is 60.7 Å². The smallest absolute Gasteiger partial charge is 0.295 e. The van der Waals surface area contributed by atoms with Crippen LogP contribution in [0.25, 0.3) is 5.76 Å². The summed E-state index contributed by atoms with van der Waals surface area (Å²) in [5.74, 6) is -0.645. The highest BCUT2D eigenvalue weighted by atomic mass is 16.5. The van der Waals surface area contributed by atoms with Gasteiger partial charge in [0.25, 0.3) is 11.7 Å². The minimum absolute atomic E-state index is 0.0724. The maximum Gasteiger partial charge on any atom is 0.295 e. The van der Waals surface area contributed by atoms with E-state index in [1.807, 2.05) is 79.7 Å². The number of carbonyl (C=O) groups excluding carboxylic acids is 2. The first-order valence-electron chi connectivity index (χ1n) is 10.7. The number of aliphatic hydroxyl groups excluding tert-OH is 1. The number of aliphatic hydroxyl groups is 1. The number of rotatable bonds is 4. The average molecular weight is 425 g/mol. The summed E-state index contributed by atoms with van der Waals surface area (Å²) in [7, 11) is 0. The van der Waals surface area contributed by atoms with Crippen LogP contribution < -0.4 is 4.74 Å². The van der Waals surface area contributed by atoms with Gasteiger partial charge in [-0.3, -0.25) is 9.59 Å². The van der Waals surface area contributed by atoms with Crippen molar-refractivity contribution >= 4 is 17.4 Å². The molecule has 1 N–H and O–H groups in total. The second-order valence-electron chi connectivity index (χ2n) is 8.28. The van der Waals surface area contributed by atoms with E-state index in [1.54, 1.807) is 6.07 Å². The summed E-state index contributed by atoms with van der Waals surface area (Å²) in [6, 6.07) is 23.6. The van der Waals surface area contributed by atoms with Gasteiger partial charge in [0.1, 0.15) is 17.6 Å². The maximum absolute atomic E-state index is 13.2. The van der Waals surface area contributed by atoms with Gasteiger partial charge in [-0.15, -0.1) is 0 Å². The average Bonchev–Trinajstić information content (AvgIpc) is 3.31. The molecular weight excluding hydrogens is 402 g/mol. The van der Waals surface area contributed by atoms with E-state index in [2.05, 4.69) is 0 Å². The number of ether oxygens (including phenoxy) is 1. The molecule has 1 saturated heterocycles. The van der Waals surface area contributed by atoms with Crippen LogP contribution in [0, 0.1) is 0 Å². The Kier molecular flexibility index (Phi) is 5.02. The zero-order valence-electron chi connectivity index (χ0n) is 17.7. The number of ketones is 1. The Morgan fingerprint density at radius 3 is 2.41 bits per heavy atom. The van der Waals surface area contributed by atoms with E-state index in [4.69, 9.17) is 4.74 Å². The Hall–Kier alpha value is -3.86. The molecule has 32 heavy (non-hydrogen) atoms. The molecule has 2 atom stereocenters.